The molecule has 0 saturated heterocycles. The van der Waals surface area contributed by atoms with Crippen LogP contribution in [0.15, 0.2) is 71.2 Å². The van der Waals surface area contributed by atoms with Gasteiger partial charge in [-0.05, 0) is 49.2 Å². The Morgan fingerprint density at radius 3 is 2.46 bits per heavy atom. The molecule has 1 N–H and O–H groups in total. The largest absolute Gasteiger partial charge is 0.324 e. The minimum atomic E-state index is -0.0724. The summed E-state index contributed by atoms with van der Waals surface area (Å²) in [6.07, 6.45) is 0. The Morgan fingerprint density at radius 2 is 1.71 bits per heavy atom. The molecular weight excluding hydrogens is 414 g/mol. The van der Waals surface area contributed by atoms with E-state index in [2.05, 4.69) is 21.2 Å². The Balaban J connectivity index is 1.73. The Bertz CT molecular complexity index is 1160. The van der Waals surface area contributed by atoms with Crippen LogP contribution in [-0.4, -0.2) is 15.5 Å². The SMILES string of the molecule is Cc1cccc(C)c1NC(=O)Cn1c(-c2cccc(Br)c2)nc2ccccc21. The number of carbonyl (C=O) groups excluding carboxylic acids is 1. The van der Waals surface area contributed by atoms with Crippen LogP contribution in [0.25, 0.3) is 22.4 Å². The van der Waals surface area contributed by atoms with Crippen molar-refractivity contribution in [3.8, 4) is 11.4 Å². The number of fused-ring (bicyclic) bond motifs is 1. The molecule has 4 rings (SSSR count). The summed E-state index contributed by atoms with van der Waals surface area (Å²) in [6, 6.07) is 21.9. The van der Waals surface area contributed by atoms with Crippen LogP contribution in [0.1, 0.15) is 11.1 Å². The summed E-state index contributed by atoms with van der Waals surface area (Å²) in [5, 5.41) is 3.07. The first-order valence-corrected chi connectivity index (χ1v) is 9.89. The number of benzene rings is 3. The summed E-state index contributed by atoms with van der Waals surface area (Å²) in [5.41, 5.74) is 5.75. The van der Waals surface area contributed by atoms with Crippen LogP contribution in [-0.2, 0) is 11.3 Å². The summed E-state index contributed by atoms with van der Waals surface area (Å²) >= 11 is 3.52. The monoisotopic (exact) mass is 433 g/mol. The Kier molecular flexibility index (Phi) is 5.01. The van der Waals surface area contributed by atoms with Crippen LogP contribution in [0.3, 0.4) is 0 Å². The van der Waals surface area contributed by atoms with E-state index in [0.29, 0.717) is 0 Å². The molecule has 0 saturated carbocycles. The van der Waals surface area contributed by atoms with Gasteiger partial charge in [0.1, 0.15) is 12.4 Å². The van der Waals surface area contributed by atoms with Crippen LogP contribution >= 0.6 is 15.9 Å². The van der Waals surface area contributed by atoms with Crippen LogP contribution in [0, 0.1) is 13.8 Å². The molecule has 5 heteroatoms. The maximum Gasteiger partial charge on any atom is 0.244 e. The maximum atomic E-state index is 12.9. The molecule has 0 aliphatic carbocycles. The lowest BCUT2D eigenvalue weighted by molar-refractivity contribution is -0.116. The van der Waals surface area contributed by atoms with Gasteiger partial charge in [0.25, 0.3) is 0 Å². The van der Waals surface area contributed by atoms with Crippen molar-refractivity contribution in [2.75, 3.05) is 5.32 Å². The van der Waals surface area contributed by atoms with Gasteiger partial charge in [0.05, 0.1) is 11.0 Å². The van der Waals surface area contributed by atoms with Crippen molar-refractivity contribution in [2.24, 2.45) is 0 Å². The second kappa shape index (κ2) is 7.60. The molecule has 4 nitrogen and oxygen atoms in total. The number of anilines is 1. The fraction of sp³-hybridized carbons (Fsp3) is 0.130. The first-order chi connectivity index (χ1) is 13.5. The first-order valence-electron chi connectivity index (χ1n) is 9.10. The third-order valence-electron chi connectivity index (χ3n) is 4.78. The minimum absolute atomic E-state index is 0.0724. The van der Waals surface area contributed by atoms with Crippen LogP contribution in [0.2, 0.25) is 0 Å². The number of halogens is 1. The van der Waals surface area contributed by atoms with Gasteiger partial charge in [-0.2, -0.15) is 0 Å². The molecule has 0 atom stereocenters. The van der Waals surface area contributed by atoms with Gasteiger partial charge >= 0.3 is 0 Å². The summed E-state index contributed by atoms with van der Waals surface area (Å²) in [7, 11) is 0. The zero-order valence-electron chi connectivity index (χ0n) is 15.7. The van der Waals surface area contributed by atoms with Gasteiger partial charge in [-0.15, -0.1) is 0 Å². The molecule has 0 aliphatic heterocycles. The molecule has 3 aromatic carbocycles. The van der Waals surface area contributed by atoms with E-state index in [-0.39, 0.29) is 12.5 Å². The van der Waals surface area contributed by atoms with Gasteiger partial charge in [-0.3, -0.25) is 4.79 Å². The summed E-state index contributed by atoms with van der Waals surface area (Å²) in [5.74, 6) is 0.705. The van der Waals surface area contributed by atoms with E-state index in [9.17, 15) is 4.79 Å². The van der Waals surface area contributed by atoms with Gasteiger partial charge < -0.3 is 9.88 Å². The lowest BCUT2D eigenvalue weighted by Gasteiger charge is -2.13. The molecular formula is C23H20BrN3O. The number of carbonyl (C=O) groups is 1. The number of rotatable bonds is 4. The van der Waals surface area contributed by atoms with Crippen molar-refractivity contribution in [3.63, 3.8) is 0 Å². The molecule has 0 spiro atoms. The van der Waals surface area contributed by atoms with E-state index < -0.39 is 0 Å². The van der Waals surface area contributed by atoms with Crippen LogP contribution in [0.4, 0.5) is 5.69 Å². The van der Waals surface area contributed by atoms with E-state index in [1.54, 1.807) is 0 Å². The highest BCUT2D eigenvalue weighted by atomic mass is 79.9. The van der Waals surface area contributed by atoms with Gasteiger partial charge in [-0.25, -0.2) is 4.98 Å². The Labute approximate surface area is 172 Å². The van der Waals surface area contributed by atoms with Crippen molar-refractivity contribution in [2.45, 2.75) is 20.4 Å². The number of aromatic nitrogens is 2. The van der Waals surface area contributed by atoms with Crippen molar-refractivity contribution in [1.29, 1.82) is 0 Å². The lowest BCUT2D eigenvalue weighted by Crippen LogP contribution is -2.20. The van der Waals surface area contributed by atoms with E-state index >= 15 is 0 Å². The smallest absolute Gasteiger partial charge is 0.244 e. The third-order valence-corrected chi connectivity index (χ3v) is 5.28. The molecule has 0 unspecified atom stereocenters. The first kappa shape index (κ1) is 18.4. The van der Waals surface area contributed by atoms with E-state index in [4.69, 9.17) is 4.98 Å². The molecule has 28 heavy (non-hydrogen) atoms. The summed E-state index contributed by atoms with van der Waals surface area (Å²) < 4.78 is 2.95. The normalized spacial score (nSPS) is 11.0. The number of imidazole rings is 1. The topological polar surface area (TPSA) is 46.9 Å². The van der Waals surface area contributed by atoms with Crippen molar-refractivity contribution < 1.29 is 4.79 Å². The molecule has 1 heterocycles. The van der Waals surface area contributed by atoms with Gasteiger partial charge in [-0.1, -0.05) is 58.4 Å². The maximum absolute atomic E-state index is 12.9. The average Bonchev–Trinajstić information content (AvgIpc) is 3.03. The number of nitrogens with one attached hydrogen (secondary N) is 1. The predicted molar refractivity (Wildman–Crippen MR) is 117 cm³/mol. The summed E-state index contributed by atoms with van der Waals surface area (Å²) in [4.78, 5) is 17.7. The third kappa shape index (κ3) is 3.58. The second-order valence-electron chi connectivity index (χ2n) is 6.84. The van der Waals surface area contributed by atoms with E-state index in [1.807, 2.05) is 85.1 Å². The minimum Gasteiger partial charge on any atom is -0.324 e. The van der Waals surface area contributed by atoms with Crippen molar-refractivity contribution >= 4 is 38.6 Å². The highest BCUT2D eigenvalue weighted by molar-refractivity contribution is 9.10. The molecule has 0 radical (unpaired) electrons. The fourth-order valence-electron chi connectivity index (χ4n) is 3.42. The number of para-hydroxylation sites is 3. The highest BCUT2D eigenvalue weighted by Gasteiger charge is 2.16. The fourth-order valence-corrected chi connectivity index (χ4v) is 3.82. The van der Waals surface area contributed by atoms with Gasteiger partial charge in [0, 0.05) is 15.7 Å². The number of aryl methyl sites for hydroxylation is 2. The van der Waals surface area contributed by atoms with Crippen molar-refractivity contribution in [1.82, 2.24) is 9.55 Å². The molecule has 140 valence electrons. The lowest BCUT2D eigenvalue weighted by atomic mass is 10.1. The molecule has 4 aromatic rings. The number of nitrogens with zero attached hydrogens (tertiary/aromatic N) is 2. The number of amides is 1. The van der Waals surface area contributed by atoms with Gasteiger partial charge in [0.2, 0.25) is 5.91 Å². The van der Waals surface area contributed by atoms with Crippen LogP contribution < -0.4 is 5.32 Å². The number of hydrogen-bond acceptors (Lipinski definition) is 2. The second-order valence-corrected chi connectivity index (χ2v) is 7.75. The zero-order chi connectivity index (χ0) is 19.7. The molecule has 0 bridgehead atoms. The molecule has 1 aromatic heterocycles. The predicted octanol–water partition coefficient (Wildman–Crippen LogP) is 5.72. The summed E-state index contributed by atoms with van der Waals surface area (Å²) in [6.45, 7) is 4.19. The molecule has 0 fully saturated rings. The molecule has 1 amide bonds. The van der Waals surface area contributed by atoms with E-state index in [0.717, 1.165) is 43.7 Å². The zero-order valence-corrected chi connectivity index (χ0v) is 17.3. The van der Waals surface area contributed by atoms with Gasteiger partial charge in [0.15, 0.2) is 0 Å². The number of hydrogen-bond donors (Lipinski definition) is 1. The van der Waals surface area contributed by atoms with Crippen molar-refractivity contribution in [3.05, 3.63) is 82.3 Å². The highest BCUT2D eigenvalue weighted by Crippen LogP contribution is 2.27. The Hall–Kier alpha value is -2.92. The van der Waals surface area contributed by atoms with E-state index in [1.165, 1.54) is 0 Å². The molecule has 0 aliphatic rings. The Morgan fingerprint density at radius 1 is 1.00 bits per heavy atom. The van der Waals surface area contributed by atoms with Crippen LogP contribution in [0.5, 0.6) is 0 Å². The average molecular weight is 434 g/mol. The standard InChI is InChI=1S/C23H20BrN3O/c1-15-7-5-8-16(2)22(15)26-21(28)14-27-20-12-4-3-11-19(20)25-23(27)17-9-6-10-18(24)13-17/h3-13H,14H2,1-2H3,(H,26,28). The quantitative estimate of drug-likeness (QED) is 0.447.